The molecule has 0 N–H and O–H groups in total. The fourth-order valence-electron chi connectivity index (χ4n) is 1.14. The summed E-state index contributed by atoms with van der Waals surface area (Å²) in [6.07, 6.45) is 2.58. The van der Waals surface area contributed by atoms with E-state index in [-0.39, 0.29) is 5.60 Å². The zero-order valence-corrected chi connectivity index (χ0v) is 6.61. The Hall–Kier alpha value is -0.0400. The van der Waals surface area contributed by atoms with E-state index in [1.54, 1.807) is 0 Å². The third kappa shape index (κ3) is 1.45. The van der Waals surface area contributed by atoms with E-state index in [0.29, 0.717) is 0 Å². The summed E-state index contributed by atoms with van der Waals surface area (Å²) >= 11 is 0. The molecule has 1 rings (SSSR count). The number of hydrogen-bond donors (Lipinski definition) is 0. The number of ether oxygens (including phenoxy) is 1. The van der Waals surface area contributed by atoms with Crippen LogP contribution >= 0.6 is 0 Å². The minimum Gasteiger partial charge on any atom is -0.370 e. The van der Waals surface area contributed by atoms with Crippen molar-refractivity contribution in [1.29, 1.82) is 0 Å². The maximum Gasteiger partial charge on any atom is 0.0913 e. The van der Waals surface area contributed by atoms with Crippen LogP contribution in [0.5, 0.6) is 0 Å². The molecule has 1 aliphatic rings. The predicted molar refractivity (Wildman–Crippen MR) is 38.4 cm³/mol. The Morgan fingerprint density at radius 2 is 2.22 bits per heavy atom. The first-order valence-electron chi connectivity index (χ1n) is 3.83. The van der Waals surface area contributed by atoms with Crippen LogP contribution in [0.15, 0.2) is 0 Å². The lowest BCUT2D eigenvalue weighted by Crippen LogP contribution is -2.16. The van der Waals surface area contributed by atoms with Gasteiger partial charge in [-0.3, -0.25) is 0 Å². The SMILES string of the molecule is CCCC(C)C1(C)CO1. The van der Waals surface area contributed by atoms with Gasteiger partial charge in [0.25, 0.3) is 0 Å². The van der Waals surface area contributed by atoms with E-state index in [4.69, 9.17) is 4.74 Å². The lowest BCUT2D eigenvalue weighted by Gasteiger charge is -2.13. The summed E-state index contributed by atoms with van der Waals surface area (Å²) in [5, 5.41) is 0. The summed E-state index contributed by atoms with van der Waals surface area (Å²) in [6, 6.07) is 0. The van der Waals surface area contributed by atoms with Crippen molar-refractivity contribution in [2.45, 2.75) is 39.2 Å². The molecular weight excluding hydrogens is 112 g/mol. The van der Waals surface area contributed by atoms with Crippen LogP contribution in [0.3, 0.4) is 0 Å². The van der Waals surface area contributed by atoms with Crippen LogP contribution in [0.4, 0.5) is 0 Å². The molecule has 9 heavy (non-hydrogen) atoms. The van der Waals surface area contributed by atoms with Crippen LogP contribution in [0.2, 0.25) is 0 Å². The van der Waals surface area contributed by atoms with Crippen LogP contribution in [0.25, 0.3) is 0 Å². The second-order valence-electron chi connectivity index (χ2n) is 3.29. The van der Waals surface area contributed by atoms with Gasteiger partial charge in [0, 0.05) is 0 Å². The van der Waals surface area contributed by atoms with Gasteiger partial charge in [0.2, 0.25) is 0 Å². The Labute approximate surface area is 57.4 Å². The van der Waals surface area contributed by atoms with Crippen molar-refractivity contribution in [1.82, 2.24) is 0 Å². The molecule has 0 aliphatic carbocycles. The quantitative estimate of drug-likeness (QED) is 0.531. The molecule has 0 radical (unpaired) electrons. The van der Waals surface area contributed by atoms with Crippen LogP contribution < -0.4 is 0 Å². The van der Waals surface area contributed by atoms with Gasteiger partial charge in [-0.1, -0.05) is 20.3 Å². The molecule has 1 nitrogen and oxygen atoms in total. The average molecular weight is 128 g/mol. The van der Waals surface area contributed by atoms with E-state index >= 15 is 0 Å². The molecule has 0 aromatic rings. The molecule has 0 aromatic carbocycles. The summed E-state index contributed by atoms with van der Waals surface area (Å²) in [7, 11) is 0. The van der Waals surface area contributed by atoms with Crippen molar-refractivity contribution >= 4 is 0 Å². The zero-order chi connectivity index (χ0) is 6.91. The van der Waals surface area contributed by atoms with Crippen molar-refractivity contribution < 1.29 is 4.74 Å². The molecule has 1 heterocycles. The molecule has 1 heteroatoms. The molecule has 0 spiro atoms. The topological polar surface area (TPSA) is 12.5 Å². The highest BCUT2D eigenvalue weighted by Crippen LogP contribution is 2.36. The standard InChI is InChI=1S/C8H16O/c1-4-5-7(2)8(3)6-9-8/h7H,4-6H2,1-3H3. The normalized spacial score (nSPS) is 36.3. The van der Waals surface area contributed by atoms with Gasteiger partial charge in [-0.25, -0.2) is 0 Å². The molecule has 1 fully saturated rings. The summed E-state index contributed by atoms with van der Waals surface area (Å²) < 4.78 is 5.31. The monoisotopic (exact) mass is 128 g/mol. The van der Waals surface area contributed by atoms with E-state index in [9.17, 15) is 0 Å². The Bertz CT molecular complexity index is 94.7. The number of rotatable bonds is 3. The van der Waals surface area contributed by atoms with Gasteiger partial charge >= 0.3 is 0 Å². The van der Waals surface area contributed by atoms with Crippen LogP contribution in [0.1, 0.15) is 33.6 Å². The van der Waals surface area contributed by atoms with E-state index in [2.05, 4.69) is 20.8 Å². The van der Waals surface area contributed by atoms with Crippen LogP contribution in [-0.4, -0.2) is 12.2 Å². The van der Waals surface area contributed by atoms with Crippen LogP contribution in [-0.2, 0) is 4.74 Å². The van der Waals surface area contributed by atoms with Gasteiger partial charge in [-0.15, -0.1) is 0 Å². The fourth-order valence-corrected chi connectivity index (χ4v) is 1.14. The first-order chi connectivity index (χ1) is 4.19. The van der Waals surface area contributed by atoms with Gasteiger partial charge < -0.3 is 4.74 Å². The second kappa shape index (κ2) is 2.30. The number of hydrogen-bond acceptors (Lipinski definition) is 1. The van der Waals surface area contributed by atoms with Crippen molar-refractivity contribution in [2.75, 3.05) is 6.61 Å². The molecule has 0 bridgehead atoms. The molecular formula is C8H16O. The van der Waals surface area contributed by atoms with E-state index in [0.717, 1.165) is 12.5 Å². The second-order valence-corrected chi connectivity index (χ2v) is 3.29. The molecule has 1 aliphatic heterocycles. The van der Waals surface area contributed by atoms with Gasteiger partial charge in [-0.05, 0) is 19.3 Å². The lowest BCUT2D eigenvalue weighted by atomic mass is 9.92. The first kappa shape index (κ1) is 7.07. The number of epoxide rings is 1. The highest BCUT2D eigenvalue weighted by atomic mass is 16.6. The largest absolute Gasteiger partial charge is 0.370 e. The van der Waals surface area contributed by atoms with E-state index in [1.165, 1.54) is 12.8 Å². The van der Waals surface area contributed by atoms with E-state index < -0.39 is 0 Å². The van der Waals surface area contributed by atoms with Crippen molar-refractivity contribution in [2.24, 2.45) is 5.92 Å². The smallest absolute Gasteiger partial charge is 0.0913 e. The lowest BCUT2D eigenvalue weighted by molar-refractivity contribution is 0.237. The maximum absolute atomic E-state index is 5.31. The third-order valence-electron chi connectivity index (χ3n) is 2.36. The Morgan fingerprint density at radius 1 is 1.67 bits per heavy atom. The maximum atomic E-state index is 5.31. The van der Waals surface area contributed by atoms with Crippen molar-refractivity contribution in [3.63, 3.8) is 0 Å². The Kier molecular flexibility index (Phi) is 1.80. The van der Waals surface area contributed by atoms with Crippen LogP contribution in [0, 0.1) is 5.92 Å². The van der Waals surface area contributed by atoms with Gasteiger partial charge in [0.15, 0.2) is 0 Å². The molecule has 0 saturated carbocycles. The molecule has 0 amide bonds. The summed E-state index contributed by atoms with van der Waals surface area (Å²) in [5.74, 6) is 0.752. The molecule has 2 unspecified atom stereocenters. The minimum absolute atomic E-state index is 0.260. The van der Waals surface area contributed by atoms with E-state index in [1.807, 2.05) is 0 Å². The van der Waals surface area contributed by atoms with Gasteiger partial charge in [0.05, 0.1) is 12.2 Å². The average Bonchev–Trinajstić information content (AvgIpc) is 2.50. The first-order valence-corrected chi connectivity index (χ1v) is 3.83. The summed E-state index contributed by atoms with van der Waals surface area (Å²) in [5.41, 5.74) is 0.260. The summed E-state index contributed by atoms with van der Waals surface area (Å²) in [6.45, 7) is 7.68. The minimum atomic E-state index is 0.260. The highest BCUT2D eigenvalue weighted by Gasteiger charge is 2.43. The van der Waals surface area contributed by atoms with Crippen molar-refractivity contribution in [3.8, 4) is 0 Å². The molecule has 2 atom stereocenters. The summed E-state index contributed by atoms with van der Waals surface area (Å²) in [4.78, 5) is 0. The van der Waals surface area contributed by atoms with Gasteiger partial charge in [-0.2, -0.15) is 0 Å². The van der Waals surface area contributed by atoms with Gasteiger partial charge in [0.1, 0.15) is 0 Å². The predicted octanol–water partition coefficient (Wildman–Crippen LogP) is 2.21. The Morgan fingerprint density at radius 3 is 2.56 bits per heavy atom. The third-order valence-corrected chi connectivity index (χ3v) is 2.36. The Balaban J connectivity index is 2.24. The highest BCUT2D eigenvalue weighted by molar-refractivity contribution is 4.91. The fraction of sp³-hybridized carbons (Fsp3) is 1.00. The molecule has 54 valence electrons. The van der Waals surface area contributed by atoms with Crippen molar-refractivity contribution in [3.05, 3.63) is 0 Å². The molecule has 0 aromatic heterocycles. The molecule has 1 saturated heterocycles. The zero-order valence-electron chi connectivity index (χ0n) is 6.61.